The minimum atomic E-state index is 0.0177. The largest absolute Gasteiger partial charge is 0.215 e. The van der Waals surface area contributed by atoms with Crippen LogP contribution in [0, 0.1) is 0 Å². The number of fused-ring (bicyclic) bond motifs is 3. The second-order valence-electron chi connectivity index (χ2n) is 7.76. The Bertz CT molecular complexity index is 1180. The van der Waals surface area contributed by atoms with Crippen LogP contribution in [0.25, 0.3) is 28.3 Å². The second-order valence-corrected chi connectivity index (χ2v) is 8.87. The molecular formula is C26H22NS+. The molecule has 0 fully saturated rings. The number of thiophene rings is 1. The van der Waals surface area contributed by atoms with E-state index in [2.05, 4.69) is 116 Å². The smallest absolute Gasteiger partial charge is 0.163 e. The van der Waals surface area contributed by atoms with E-state index in [4.69, 9.17) is 0 Å². The van der Waals surface area contributed by atoms with Crippen molar-refractivity contribution < 1.29 is 4.57 Å². The molecule has 0 N–H and O–H groups in total. The lowest BCUT2D eigenvalue weighted by Crippen LogP contribution is -2.34. The SMILES string of the molecule is CC1(C)c2ccccc2-[n+]2ccc(/C=C/c3ccc(-c4ccccc4)s3)cc21. The van der Waals surface area contributed by atoms with Gasteiger partial charge in [0.2, 0.25) is 5.69 Å². The Labute approximate surface area is 170 Å². The maximum absolute atomic E-state index is 2.32. The van der Waals surface area contributed by atoms with Gasteiger partial charge in [-0.05, 0) is 43.2 Å². The van der Waals surface area contributed by atoms with Gasteiger partial charge in [-0.3, -0.25) is 0 Å². The zero-order chi connectivity index (χ0) is 19.1. The molecule has 0 unspecified atom stereocenters. The van der Waals surface area contributed by atoms with E-state index in [0.717, 1.165) is 0 Å². The highest BCUT2D eigenvalue weighted by Crippen LogP contribution is 2.38. The van der Waals surface area contributed by atoms with Crippen molar-refractivity contribution in [1.29, 1.82) is 0 Å². The molecule has 0 spiro atoms. The van der Waals surface area contributed by atoms with E-state index in [9.17, 15) is 0 Å². The molecule has 0 amide bonds. The summed E-state index contributed by atoms with van der Waals surface area (Å²) in [6, 6.07) is 28.2. The summed E-state index contributed by atoms with van der Waals surface area (Å²) >= 11 is 1.83. The van der Waals surface area contributed by atoms with Gasteiger partial charge in [0, 0.05) is 33.5 Å². The van der Waals surface area contributed by atoms with Crippen molar-refractivity contribution >= 4 is 23.5 Å². The van der Waals surface area contributed by atoms with Crippen LogP contribution in [-0.2, 0) is 5.41 Å². The molecule has 2 aromatic heterocycles. The van der Waals surface area contributed by atoms with Gasteiger partial charge >= 0.3 is 0 Å². The quantitative estimate of drug-likeness (QED) is 0.357. The van der Waals surface area contributed by atoms with Gasteiger partial charge in [0.25, 0.3) is 0 Å². The number of hydrogen-bond donors (Lipinski definition) is 0. The van der Waals surface area contributed by atoms with Crippen LogP contribution in [0.2, 0.25) is 0 Å². The molecule has 2 aromatic carbocycles. The van der Waals surface area contributed by atoms with E-state index in [1.54, 1.807) is 0 Å². The highest BCUT2D eigenvalue weighted by Gasteiger charge is 2.43. The zero-order valence-corrected chi connectivity index (χ0v) is 16.9. The average molecular weight is 381 g/mol. The Hall–Kier alpha value is -2.97. The molecule has 1 aliphatic rings. The molecule has 3 heterocycles. The van der Waals surface area contributed by atoms with Gasteiger partial charge in [-0.25, -0.2) is 0 Å². The minimum absolute atomic E-state index is 0.0177. The Balaban J connectivity index is 1.45. The summed E-state index contributed by atoms with van der Waals surface area (Å²) in [6.45, 7) is 4.62. The summed E-state index contributed by atoms with van der Waals surface area (Å²) in [5.41, 5.74) is 6.56. The number of benzene rings is 2. The summed E-state index contributed by atoms with van der Waals surface area (Å²) in [4.78, 5) is 2.58. The van der Waals surface area contributed by atoms with Crippen LogP contribution in [0.5, 0.6) is 0 Å². The lowest BCUT2D eigenvalue weighted by Gasteiger charge is -2.14. The van der Waals surface area contributed by atoms with E-state index in [1.807, 2.05) is 11.3 Å². The van der Waals surface area contributed by atoms with Crippen molar-refractivity contribution in [2.24, 2.45) is 0 Å². The molecule has 136 valence electrons. The molecule has 1 nitrogen and oxygen atoms in total. The topological polar surface area (TPSA) is 3.88 Å². The maximum Gasteiger partial charge on any atom is 0.215 e. The van der Waals surface area contributed by atoms with Crippen molar-refractivity contribution in [2.75, 3.05) is 0 Å². The normalized spacial score (nSPS) is 14.2. The van der Waals surface area contributed by atoms with Gasteiger partial charge in [-0.1, -0.05) is 54.6 Å². The first kappa shape index (κ1) is 17.2. The summed E-state index contributed by atoms with van der Waals surface area (Å²) < 4.78 is 2.32. The number of aromatic nitrogens is 1. The van der Waals surface area contributed by atoms with Crippen LogP contribution in [-0.4, -0.2) is 0 Å². The highest BCUT2D eigenvalue weighted by molar-refractivity contribution is 7.16. The second kappa shape index (κ2) is 6.57. The van der Waals surface area contributed by atoms with Crippen molar-refractivity contribution in [3.05, 3.63) is 107 Å². The molecule has 4 aromatic rings. The van der Waals surface area contributed by atoms with Crippen molar-refractivity contribution in [1.82, 2.24) is 0 Å². The lowest BCUT2D eigenvalue weighted by molar-refractivity contribution is -0.599. The third kappa shape index (κ3) is 2.81. The first-order chi connectivity index (χ1) is 13.6. The monoisotopic (exact) mass is 380 g/mol. The van der Waals surface area contributed by atoms with Crippen molar-refractivity contribution in [2.45, 2.75) is 19.3 Å². The first-order valence-electron chi connectivity index (χ1n) is 9.62. The zero-order valence-electron chi connectivity index (χ0n) is 16.1. The maximum atomic E-state index is 2.32. The van der Waals surface area contributed by atoms with E-state index < -0.39 is 0 Å². The number of hydrogen-bond acceptors (Lipinski definition) is 1. The lowest BCUT2D eigenvalue weighted by atomic mass is 9.83. The summed E-state index contributed by atoms with van der Waals surface area (Å²) in [6.07, 6.45) is 6.64. The fourth-order valence-electron chi connectivity index (χ4n) is 4.04. The molecule has 0 bridgehead atoms. The summed E-state index contributed by atoms with van der Waals surface area (Å²) in [7, 11) is 0. The molecule has 0 atom stereocenters. The number of para-hydroxylation sites is 1. The van der Waals surface area contributed by atoms with Crippen LogP contribution in [0.3, 0.4) is 0 Å². The third-order valence-electron chi connectivity index (χ3n) is 5.58. The molecule has 28 heavy (non-hydrogen) atoms. The Morgan fingerprint density at radius 3 is 2.46 bits per heavy atom. The van der Waals surface area contributed by atoms with Gasteiger partial charge in [0.1, 0.15) is 0 Å². The number of pyridine rings is 1. The molecule has 0 saturated heterocycles. The predicted molar refractivity (Wildman–Crippen MR) is 119 cm³/mol. The van der Waals surface area contributed by atoms with Gasteiger partial charge in [0.05, 0.1) is 5.41 Å². The summed E-state index contributed by atoms with van der Waals surface area (Å²) in [5.74, 6) is 0. The van der Waals surface area contributed by atoms with E-state index in [1.165, 1.54) is 37.8 Å². The average Bonchev–Trinajstić information content (AvgIpc) is 3.29. The standard InChI is InChI=1S/C26H22NS/c1-26(2)22-10-6-7-11-23(22)27-17-16-19(18-25(26)27)12-13-21-14-15-24(28-21)20-8-4-3-5-9-20/h3-18H,1-2H3/q+1/b13-12+. The van der Waals surface area contributed by atoms with Crippen LogP contribution < -0.4 is 4.57 Å². The minimum Gasteiger partial charge on any atom is -0.163 e. The third-order valence-corrected chi connectivity index (χ3v) is 6.68. The molecule has 2 heteroatoms. The van der Waals surface area contributed by atoms with Crippen LogP contribution in [0.4, 0.5) is 0 Å². The molecule has 0 radical (unpaired) electrons. The van der Waals surface area contributed by atoms with Crippen LogP contribution in [0.15, 0.2) is 85.1 Å². The Morgan fingerprint density at radius 2 is 1.61 bits per heavy atom. The fraction of sp³-hybridized carbons (Fsp3) is 0.115. The number of rotatable bonds is 3. The van der Waals surface area contributed by atoms with E-state index in [-0.39, 0.29) is 5.41 Å². The molecule has 0 saturated carbocycles. The Kier molecular flexibility index (Phi) is 4.03. The van der Waals surface area contributed by atoms with Crippen molar-refractivity contribution in [3.63, 3.8) is 0 Å². The molecule has 1 aliphatic heterocycles. The molecular weight excluding hydrogens is 358 g/mol. The van der Waals surface area contributed by atoms with E-state index >= 15 is 0 Å². The van der Waals surface area contributed by atoms with Gasteiger partial charge < -0.3 is 0 Å². The van der Waals surface area contributed by atoms with Gasteiger partial charge in [-0.2, -0.15) is 4.57 Å². The van der Waals surface area contributed by atoms with Gasteiger partial charge in [0.15, 0.2) is 11.9 Å². The predicted octanol–water partition coefficient (Wildman–Crippen LogP) is 6.50. The number of nitrogens with zero attached hydrogens (tertiary/aromatic N) is 1. The Morgan fingerprint density at radius 1 is 0.821 bits per heavy atom. The first-order valence-corrected chi connectivity index (χ1v) is 10.4. The van der Waals surface area contributed by atoms with E-state index in [0.29, 0.717) is 0 Å². The summed E-state index contributed by atoms with van der Waals surface area (Å²) in [5, 5.41) is 0. The van der Waals surface area contributed by atoms with Crippen molar-refractivity contribution in [3.8, 4) is 16.1 Å². The fourth-order valence-corrected chi connectivity index (χ4v) is 4.96. The highest BCUT2D eigenvalue weighted by atomic mass is 32.1. The van der Waals surface area contributed by atoms with Crippen LogP contribution >= 0.6 is 11.3 Å². The van der Waals surface area contributed by atoms with Crippen LogP contribution in [0.1, 0.15) is 35.5 Å². The molecule has 5 rings (SSSR count). The van der Waals surface area contributed by atoms with Gasteiger partial charge in [-0.15, -0.1) is 11.3 Å². The molecule has 0 aliphatic carbocycles.